The molecule has 0 aromatic rings. The fraction of sp³-hybridized carbons (Fsp3) is 0.789. The van der Waals surface area contributed by atoms with Crippen LogP contribution in [-0.2, 0) is 14.3 Å². The van der Waals surface area contributed by atoms with E-state index < -0.39 is 18.2 Å². The molecule has 0 heterocycles. The lowest BCUT2D eigenvalue weighted by molar-refractivity contribution is -0.151. The normalized spacial score (nSPS) is 13.7. The molecule has 0 aliphatic heterocycles. The highest BCUT2D eigenvalue weighted by atomic mass is 16.5. The molecule has 0 aliphatic carbocycles. The zero-order valence-corrected chi connectivity index (χ0v) is 41.7. The van der Waals surface area contributed by atoms with Crippen LogP contribution < -0.4 is 5.32 Å². The highest BCUT2D eigenvalue weighted by molar-refractivity contribution is 5.77. The van der Waals surface area contributed by atoms with Crippen molar-refractivity contribution in [3.63, 3.8) is 0 Å². The molecular weight excluding hydrogens is 779 g/mol. The van der Waals surface area contributed by atoms with Crippen LogP contribution in [0.4, 0.5) is 0 Å². The van der Waals surface area contributed by atoms with Gasteiger partial charge in [0.2, 0.25) is 5.91 Å². The van der Waals surface area contributed by atoms with Gasteiger partial charge in [-0.25, -0.2) is 0 Å². The number of carbonyl (C=O) groups is 2. The summed E-state index contributed by atoms with van der Waals surface area (Å²) in [6.07, 6.45) is 62.8. The number of carbonyl (C=O) groups excluding carboxylic acids is 2. The molecule has 0 fully saturated rings. The number of esters is 1. The first kappa shape index (κ1) is 60.6. The molecule has 0 aromatic carbocycles. The van der Waals surface area contributed by atoms with E-state index in [1.54, 1.807) is 0 Å². The van der Waals surface area contributed by atoms with Crippen molar-refractivity contribution < 1.29 is 24.5 Å². The van der Waals surface area contributed by atoms with Crippen LogP contribution in [0.1, 0.15) is 265 Å². The molecule has 0 saturated carbocycles. The van der Waals surface area contributed by atoms with Crippen molar-refractivity contribution in [1.29, 1.82) is 0 Å². The second-order valence-corrected chi connectivity index (χ2v) is 18.2. The van der Waals surface area contributed by atoms with Gasteiger partial charge in [-0.05, 0) is 89.9 Å². The molecule has 3 unspecified atom stereocenters. The van der Waals surface area contributed by atoms with E-state index in [4.69, 9.17) is 4.74 Å². The average molecular weight is 882 g/mol. The van der Waals surface area contributed by atoms with Crippen LogP contribution in [0.2, 0.25) is 0 Å². The SMILES string of the molecule is CC/C=C/C/C=C/C/C=C/CCCCCCCCC(=O)OC(CCCCCCCCC/C=C\C/C=C\CCCCC)CC(=O)NC(CO)C(O)CCCCCCCCCCCCC. The Morgan fingerprint density at radius 1 is 0.476 bits per heavy atom. The van der Waals surface area contributed by atoms with Gasteiger partial charge in [0.25, 0.3) is 0 Å². The van der Waals surface area contributed by atoms with E-state index in [-0.39, 0.29) is 24.9 Å². The van der Waals surface area contributed by atoms with Gasteiger partial charge in [0.15, 0.2) is 0 Å². The predicted octanol–water partition coefficient (Wildman–Crippen LogP) is 16.4. The monoisotopic (exact) mass is 882 g/mol. The number of allylic oxidation sites excluding steroid dienone is 10. The third-order valence-corrected chi connectivity index (χ3v) is 12.1. The van der Waals surface area contributed by atoms with Crippen molar-refractivity contribution in [2.45, 2.75) is 283 Å². The number of unbranched alkanes of at least 4 members (excludes halogenated alkanes) is 26. The van der Waals surface area contributed by atoms with Crippen LogP contribution in [-0.4, -0.2) is 46.9 Å². The molecule has 0 radical (unpaired) electrons. The summed E-state index contributed by atoms with van der Waals surface area (Å²) < 4.78 is 5.94. The Hall–Kier alpha value is -2.44. The Balaban J connectivity index is 4.61. The highest BCUT2D eigenvalue weighted by Crippen LogP contribution is 2.18. The van der Waals surface area contributed by atoms with Crippen molar-refractivity contribution in [2.75, 3.05) is 6.61 Å². The average Bonchev–Trinajstić information content (AvgIpc) is 3.28. The number of aliphatic hydroxyl groups is 2. The topological polar surface area (TPSA) is 95.9 Å². The van der Waals surface area contributed by atoms with Gasteiger partial charge < -0.3 is 20.3 Å². The molecular formula is C57H103NO5. The Morgan fingerprint density at radius 3 is 1.33 bits per heavy atom. The zero-order valence-electron chi connectivity index (χ0n) is 41.7. The second kappa shape index (κ2) is 50.6. The molecule has 63 heavy (non-hydrogen) atoms. The number of ether oxygens (including phenoxy) is 1. The predicted molar refractivity (Wildman–Crippen MR) is 273 cm³/mol. The van der Waals surface area contributed by atoms with E-state index in [0.717, 1.165) is 96.3 Å². The van der Waals surface area contributed by atoms with Crippen molar-refractivity contribution in [2.24, 2.45) is 0 Å². The van der Waals surface area contributed by atoms with Crippen LogP contribution in [0.25, 0.3) is 0 Å². The summed E-state index contributed by atoms with van der Waals surface area (Å²) in [4.78, 5) is 26.2. The smallest absolute Gasteiger partial charge is 0.306 e. The third-order valence-electron chi connectivity index (χ3n) is 12.1. The lowest BCUT2D eigenvalue weighted by Gasteiger charge is -2.24. The zero-order chi connectivity index (χ0) is 45.9. The molecule has 0 saturated heterocycles. The molecule has 0 rings (SSSR count). The summed E-state index contributed by atoms with van der Waals surface area (Å²) in [5.74, 6) is -0.492. The quantitative estimate of drug-likeness (QED) is 0.0321. The first-order valence-corrected chi connectivity index (χ1v) is 27.0. The fourth-order valence-electron chi connectivity index (χ4n) is 8.00. The minimum atomic E-state index is -0.793. The summed E-state index contributed by atoms with van der Waals surface area (Å²) >= 11 is 0. The molecule has 0 spiro atoms. The molecule has 6 heteroatoms. The van der Waals surface area contributed by atoms with Gasteiger partial charge >= 0.3 is 5.97 Å². The van der Waals surface area contributed by atoms with E-state index in [2.05, 4.69) is 86.8 Å². The van der Waals surface area contributed by atoms with Crippen LogP contribution in [0.5, 0.6) is 0 Å². The number of rotatable bonds is 48. The number of amides is 1. The van der Waals surface area contributed by atoms with Crippen LogP contribution in [0.3, 0.4) is 0 Å². The summed E-state index contributed by atoms with van der Waals surface area (Å²) in [7, 11) is 0. The Kier molecular flexibility index (Phi) is 48.6. The summed E-state index contributed by atoms with van der Waals surface area (Å²) in [6, 6.07) is -0.708. The minimum absolute atomic E-state index is 0.0661. The van der Waals surface area contributed by atoms with Gasteiger partial charge in [-0.2, -0.15) is 0 Å². The molecule has 0 aromatic heterocycles. The van der Waals surface area contributed by atoms with Crippen LogP contribution >= 0.6 is 0 Å². The van der Waals surface area contributed by atoms with Gasteiger partial charge in [-0.1, -0.05) is 223 Å². The minimum Gasteiger partial charge on any atom is -0.462 e. The standard InChI is InChI=1S/C57H103NO5/c1-4-7-10-13-16-19-22-24-26-28-29-31-34-36-39-42-45-48-53(63-57(62)50-47-44-41-38-35-32-30-27-25-23-20-17-14-11-8-5-2)51-56(61)58-54(52-59)55(60)49-46-43-40-37-33-21-18-15-12-9-6-3/h8,11,16-17,19-20,24-27,53-55,59-60H,4-7,9-10,12-15,18,21-23,28-52H2,1-3H3,(H,58,61)/b11-8+,19-16-,20-17+,26-24-,27-25+. The fourth-order valence-corrected chi connectivity index (χ4v) is 8.00. The lowest BCUT2D eigenvalue weighted by atomic mass is 10.0. The van der Waals surface area contributed by atoms with E-state index in [0.29, 0.717) is 19.3 Å². The number of hydrogen-bond donors (Lipinski definition) is 3. The molecule has 3 N–H and O–H groups in total. The van der Waals surface area contributed by atoms with Crippen LogP contribution in [0, 0.1) is 0 Å². The number of nitrogens with one attached hydrogen (secondary N) is 1. The Bertz CT molecular complexity index is 1130. The van der Waals surface area contributed by atoms with Gasteiger partial charge in [0, 0.05) is 6.42 Å². The first-order valence-electron chi connectivity index (χ1n) is 27.0. The number of aliphatic hydroxyl groups excluding tert-OH is 2. The molecule has 3 atom stereocenters. The van der Waals surface area contributed by atoms with Gasteiger partial charge in [0.1, 0.15) is 6.10 Å². The Morgan fingerprint density at radius 2 is 0.857 bits per heavy atom. The summed E-state index contributed by atoms with van der Waals surface area (Å²) in [5, 5.41) is 23.8. The number of hydrogen-bond acceptors (Lipinski definition) is 5. The van der Waals surface area contributed by atoms with Crippen LogP contribution in [0.15, 0.2) is 60.8 Å². The maximum Gasteiger partial charge on any atom is 0.306 e. The van der Waals surface area contributed by atoms with E-state index in [1.165, 1.54) is 122 Å². The molecule has 1 amide bonds. The van der Waals surface area contributed by atoms with Crippen molar-refractivity contribution in [1.82, 2.24) is 5.32 Å². The van der Waals surface area contributed by atoms with Crippen molar-refractivity contribution in [3.8, 4) is 0 Å². The van der Waals surface area contributed by atoms with Gasteiger partial charge in [-0.15, -0.1) is 0 Å². The van der Waals surface area contributed by atoms with Gasteiger partial charge in [-0.3, -0.25) is 9.59 Å². The largest absolute Gasteiger partial charge is 0.462 e. The van der Waals surface area contributed by atoms with E-state index >= 15 is 0 Å². The van der Waals surface area contributed by atoms with Crippen molar-refractivity contribution in [3.05, 3.63) is 60.8 Å². The molecule has 0 aliphatic rings. The summed E-state index contributed by atoms with van der Waals surface area (Å²) in [6.45, 7) is 6.35. The Labute approximate surface area is 390 Å². The first-order chi connectivity index (χ1) is 31.0. The van der Waals surface area contributed by atoms with Crippen molar-refractivity contribution >= 4 is 11.9 Å². The summed E-state index contributed by atoms with van der Waals surface area (Å²) in [5.41, 5.74) is 0. The highest BCUT2D eigenvalue weighted by Gasteiger charge is 2.24. The van der Waals surface area contributed by atoms with Gasteiger partial charge in [0.05, 0.1) is 25.2 Å². The molecule has 366 valence electrons. The maximum atomic E-state index is 13.2. The molecule has 0 bridgehead atoms. The lowest BCUT2D eigenvalue weighted by Crippen LogP contribution is -2.46. The van der Waals surface area contributed by atoms with E-state index in [9.17, 15) is 19.8 Å². The molecule has 6 nitrogen and oxygen atoms in total. The third kappa shape index (κ3) is 45.9. The van der Waals surface area contributed by atoms with E-state index in [1.807, 2.05) is 0 Å². The second-order valence-electron chi connectivity index (χ2n) is 18.2. The maximum absolute atomic E-state index is 13.2.